The van der Waals surface area contributed by atoms with Crippen LogP contribution in [-0.2, 0) is 32.6 Å². The Morgan fingerprint density at radius 3 is 2.13 bits per heavy atom. The smallest absolute Gasteiger partial charge is 0.244 e. The van der Waals surface area contributed by atoms with Gasteiger partial charge in [0.15, 0.2) is 0 Å². The van der Waals surface area contributed by atoms with Crippen molar-refractivity contribution in [1.29, 1.82) is 0 Å². The summed E-state index contributed by atoms with van der Waals surface area (Å²) < 4.78 is 40.1. The maximum absolute atomic E-state index is 14.0. The molecule has 2 amide bonds. The lowest BCUT2D eigenvalue weighted by Gasteiger charge is -2.33. The molecule has 39 heavy (non-hydrogen) atoms. The maximum atomic E-state index is 14.0. The lowest BCUT2D eigenvalue weighted by atomic mass is 10.0. The highest BCUT2D eigenvalue weighted by atomic mass is 35.5. The number of anilines is 1. The fraction of sp³-hybridized carbons (Fsp3) is 0.310. The van der Waals surface area contributed by atoms with Gasteiger partial charge in [0.2, 0.25) is 21.8 Å². The third kappa shape index (κ3) is 8.80. The number of hydrogen-bond acceptors (Lipinski definition) is 4. The van der Waals surface area contributed by atoms with Crippen molar-refractivity contribution in [2.75, 3.05) is 23.7 Å². The zero-order valence-electron chi connectivity index (χ0n) is 22.2. The van der Waals surface area contributed by atoms with E-state index in [9.17, 15) is 22.4 Å². The molecule has 0 bridgehead atoms. The second kappa shape index (κ2) is 13.6. The average Bonchev–Trinajstić information content (AvgIpc) is 2.89. The lowest BCUT2D eigenvalue weighted by molar-refractivity contribution is -0.140. The van der Waals surface area contributed by atoms with Crippen LogP contribution in [0.25, 0.3) is 0 Å². The van der Waals surface area contributed by atoms with Crippen molar-refractivity contribution in [3.05, 3.63) is 101 Å². The Labute approximate surface area is 234 Å². The van der Waals surface area contributed by atoms with Crippen LogP contribution in [0.5, 0.6) is 0 Å². The summed E-state index contributed by atoms with van der Waals surface area (Å²) in [6.45, 7) is 3.71. The van der Waals surface area contributed by atoms with Gasteiger partial charge in [0.05, 0.1) is 17.0 Å². The SMILES string of the molecule is CC(C)CNC(=O)[C@H](Cc1ccccc1)N(Cc1ccc(F)cc1)C(=O)CN(c1ccccc1Cl)S(C)(=O)=O. The molecule has 0 aromatic heterocycles. The monoisotopic (exact) mass is 573 g/mol. The van der Waals surface area contributed by atoms with E-state index < -0.39 is 34.3 Å². The minimum atomic E-state index is -3.92. The molecule has 0 heterocycles. The van der Waals surface area contributed by atoms with E-state index >= 15 is 0 Å². The van der Waals surface area contributed by atoms with Crippen molar-refractivity contribution in [2.24, 2.45) is 5.92 Å². The molecule has 3 rings (SSSR count). The van der Waals surface area contributed by atoms with Crippen LogP contribution in [0.4, 0.5) is 10.1 Å². The number of rotatable bonds is 12. The number of nitrogens with one attached hydrogen (secondary N) is 1. The Morgan fingerprint density at radius 1 is 0.923 bits per heavy atom. The highest BCUT2D eigenvalue weighted by Gasteiger charge is 2.33. The number of hydrogen-bond donors (Lipinski definition) is 1. The molecule has 0 saturated carbocycles. The fourth-order valence-corrected chi connectivity index (χ4v) is 5.16. The second-order valence-corrected chi connectivity index (χ2v) is 12.0. The summed E-state index contributed by atoms with van der Waals surface area (Å²) in [6.07, 6.45) is 1.19. The Balaban J connectivity index is 2.05. The van der Waals surface area contributed by atoms with Crippen molar-refractivity contribution in [3.8, 4) is 0 Å². The summed E-state index contributed by atoms with van der Waals surface area (Å²) in [7, 11) is -3.92. The molecular weight excluding hydrogens is 541 g/mol. The number of halogens is 2. The average molecular weight is 574 g/mol. The van der Waals surface area contributed by atoms with Crippen LogP contribution in [0.2, 0.25) is 5.02 Å². The van der Waals surface area contributed by atoms with E-state index in [1.54, 1.807) is 12.1 Å². The Hall–Kier alpha value is -3.43. The Bertz CT molecular complexity index is 1370. The van der Waals surface area contributed by atoms with E-state index in [1.807, 2.05) is 44.2 Å². The molecule has 0 saturated heterocycles. The molecular formula is C29H33ClFN3O4S. The van der Waals surface area contributed by atoms with Gasteiger partial charge in [0, 0.05) is 19.5 Å². The molecule has 3 aromatic carbocycles. The first-order valence-corrected chi connectivity index (χ1v) is 14.8. The van der Waals surface area contributed by atoms with Gasteiger partial charge in [-0.1, -0.05) is 80.0 Å². The van der Waals surface area contributed by atoms with Gasteiger partial charge < -0.3 is 10.2 Å². The molecule has 0 spiro atoms. The van der Waals surface area contributed by atoms with E-state index in [4.69, 9.17) is 11.6 Å². The zero-order chi connectivity index (χ0) is 28.6. The molecule has 7 nitrogen and oxygen atoms in total. The number of carbonyl (C=O) groups is 2. The van der Waals surface area contributed by atoms with Crippen molar-refractivity contribution < 1.29 is 22.4 Å². The van der Waals surface area contributed by atoms with E-state index in [0.717, 1.165) is 16.1 Å². The number of carbonyl (C=O) groups excluding carboxylic acids is 2. The standard InChI is InChI=1S/C29H33ClFN3O4S/c1-21(2)18-32-29(36)27(17-22-9-5-4-6-10-22)33(19-23-13-15-24(31)16-14-23)28(35)20-34(39(3,37)38)26-12-8-7-11-25(26)30/h4-16,21,27H,17-20H2,1-3H3,(H,32,36)/t27-/m0/s1. The first kappa shape index (κ1) is 30.1. The van der Waals surface area contributed by atoms with E-state index in [2.05, 4.69) is 5.32 Å². The molecule has 3 aromatic rings. The van der Waals surface area contributed by atoms with Gasteiger partial charge in [0.1, 0.15) is 18.4 Å². The molecule has 0 aliphatic rings. The Kier molecular flexibility index (Phi) is 10.5. The van der Waals surface area contributed by atoms with Crippen molar-refractivity contribution in [1.82, 2.24) is 10.2 Å². The summed E-state index contributed by atoms with van der Waals surface area (Å²) in [5.41, 5.74) is 1.56. The number of benzene rings is 3. The number of sulfonamides is 1. The normalized spacial score (nSPS) is 12.2. The van der Waals surface area contributed by atoms with Crippen LogP contribution >= 0.6 is 11.6 Å². The largest absolute Gasteiger partial charge is 0.354 e. The van der Waals surface area contributed by atoms with Gasteiger partial charge in [-0.25, -0.2) is 12.8 Å². The van der Waals surface area contributed by atoms with Gasteiger partial charge in [0.25, 0.3) is 0 Å². The first-order valence-electron chi connectivity index (χ1n) is 12.5. The van der Waals surface area contributed by atoms with Crippen molar-refractivity contribution in [3.63, 3.8) is 0 Å². The van der Waals surface area contributed by atoms with Crippen LogP contribution in [0, 0.1) is 11.7 Å². The van der Waals surface area contributed by atoms with Crippen LogP contribution in [0.1, 0.15) is 25.0 Å². The van der Waals surface area contributed by atoms with Gasteiger partial charge >= 0.3 is 0 Å². The van der Waals surface area contributed by atoms with Crippen LogP contribution < -0.4 is 9.62 Å². The summed E-state index contributed by atoms with van der Waals surface area (Å²) >= 11 is 6.29. The van der Waals surface area contributed by atoms with E-state index in [1.165, 1.54) is 41.3 Å². The fourth-order valence-electron chi connectivity index (χ4n) is 4.01. The molecule has 0 fully saturated rings. The van der Waals surface area contributed by atoms with Crippen LogP contribution in [0.15, 0.2) is 78.9 Å². The quantitative estimate of drug-likeness (QED) is 0.341. The summed E-state index contributed by atoms with van der Waals surface area (Å²) in [5, 5.41) is 3.07. The lowest BCUT2D eigenvalue weighted by Crippen LogP contribution is -2.53. The maximum Gasteiger partial charge on any atom is 0.244 e. The second-order valence-electron chi connectivity index (χ2n) is 9.71. The summed E-state index contributed by atoms with van der Waals surface area (Å²) in [5.74, 6) is -1.24. The molecule has 1 atom stereocenters. The van der Waals surface area contributed by atoms with E-state index in [0.29, 0.717) is 12.1 Å². The third-order valence-electron chi connectivity index (χ3n) is 6.02. The van der Waals surface area contributed by atoms with Gasteiger partial charge in [-0.3, -0.25) is 13.9 Å². The van der Waals surface area contributed by atoms with Crippen molar-refractivity contribution >= 4 is 39.1 Å². The van der Waals surface area contributed by atoms with Crippen molar-refractivity contribution in [2.45, 2.75) is 32.9 Å². The van der Waals surface area contributed by atoms with Gasteiger partial charge in [-0.05, 0) is 41.3 Å². The molecule has 0 radical (unpaired) electrons. The summed E-state index contributed by atoms with van der Waals surface area (Å²) in [6, 6.07) is 20.2. The Morgan fingerprint density at radius 2 is 1.54 bits per heavy atom. The van der Waals surface area contributed by atoms with Crippen LogP contribution in [-0.4, -0.2) is 50.5 Å². The number of nitrogens with zero attached hydrogens (tertiary/aromatic N) is 2. The van der Waals surface area contributed by atoms with E-state index in [-0.39, 0.29) is 35.5 Å². The molecule has 0 aliphatic carbocycles. The third-order valence-corrected chi connectivity index (χ3v) is 7.47. The molecule has 1 N–H and O–H groups in total. The molecule has 0 unspecified atom stereocenters. The first-order chi connectivity index (χ1) is 18.5. The summed E-state index contributed by atoms with van der Waals surface area (Å²) in [4.78, 5) is 28.8. The van der Waals surface area contributed by atoms with Gasteiger partial charge in [-0.2, -0.15) is 0 Å². The minimum Gasteiger partial charge on any atom is -0.354 e. The predicted molar refractivity (Wildman–Crippen MR) is 152 cm³/mol. The van der Waals surface area contributed by atoms with Gasteiger partial charge in [-0.15, -0.1) is 0 Å². The number of para-hydroxylation sites is 1. The molecule has 208 valence electrons. The molecule has 0 aliphatic heterocycles. The minimum absolute atomic E-state index is 0.0359. The van der Waals surface area contributed by atoms with Crippen LogP contribution in [0.3, 0.4) is 0 Å². The zero-order valence-corrected chi connectivity index (χ0v) is 23.8. The highest BCUT2D eigenvalue weighted by Crippen LogP contribution is 2.27. The highest BCUT2D eigenvalue weighted by molar-refractivity contribution is 7.92. The topological polar surface area (TPSA) is 86.8 Å². The molecule has 10 heteroatoms. The predicted octanol–water partition coefficient (Wildman–Crippen LogP) is 4.66. The number of amides is 2.